The number of carbonyl (C=O) groups excluding carboxylic acids is 1. The average Bonchev–Trinajstić information content (AvgIpc) is 1.93. The molecule has 1 heterocycles. The number of nitrogens with zero attached hydrogens (tertiary/aromatic N) is 1. The van der Waals surface area contributed by atoms with Crippen LogP contribution >= 0.6 is 11.6 Å². The molecule has 60 valence electrons. The van der Waals surface area contributed by atoms with Gasteiger partial charge >= 0.3 is 35.5 Å². The van der Waals surface area contributed by atoms with E-state index in [1.807, 2.05) is 0 Å². The Balaban J connectivity index is 0. The maximum Gasteiger partial charge on any atom is 1.00 e. The molecule has 0 saturated carbocycles. The van der Waals surface area contributed by atoms with E-state index in [0.717, 1.165) is 0 Å². The van der Waals surface area contributed by atoms with Crippen LogP contribution in [0.5, 0.6) is 5.75 Å². The summed E-state index contributed by atoms with van der Waals surface area (Å²) in [7, 11) is 0. The molecule has 0 aromatic carbocycles. The number of carbonyl (C=O) groups is 1. The summed E-state index contributed by atoms with van der Waals surface area (Å²) in [5.74, 6) is -0.110. The Kier molecular flexibility index (Phi) is 5.50. The molecule has 3 nitrogen and oxygen atoms in total. The largest absolute Gasteiger partial charge is 1.00 e. The Hall–Kier alpha value is -0.0900. The second-order valence-corrected chi connectivity index (χ2v) is 2.24. The van der Waals surface area contributed by atoms with E-state index in [9.17, 15) is 4.79 Å². The number of rotatable bonds is 1. The fraction of sp³-hybridized carbons (Fsp3) is 0.143. The Bertz CT molecular complexity index is 285. The fourth-order valence-electron chi connectivity index (χ4n) is 0.602. The van der Waals surface area contributed by atoms with Crippen LogP contribution in [-0.4, -0.2) is 11.0 Å². The molecule has 0 aliphatic carbocycles. The number of pyridine rings is 1. The minimum absolute atomic E-state index is 0. The molecule has 1 aromatic heterocycles. The monoisotopic (exact) mass is 195 g/mol. The predicted molar refractivity (Wildman–Crippen MR) is 41.7 cm³/mol. The first-order chi connectivity index (χ1) is 5.20. The third kappa shape index (κ3) is 3.54. The summed E-state index contributed by atoms with van der Waals surface area (Å²) in [5, 5.41) is 0.197. The minimum Gasteiger partial charge on any atom is -1.00 e. The first-order valence-electron chi connectivity index (χ1n) is 2.99. The Morgan fingerprint density at radius 1 is 1.75 bits per heavy atom. The summed E-state index contributed by atoms with van der Waals surface area (Å²) in [6.07, 6.45) is 1.52. The van der Waals surface area contributed by atoms with Crippen molar-refractivity contribution in [3.05, 3.63) is 23.5 Å². The molecule has 0 unspecified atom stereocenters. The van der Waals surface area contributed by atoms with Gasteiger partial charge in [-0.25, -0.2) is 4.98 Å². The number of hydrogen-bond donors (Lipinski definition) is 0. The van der Waals surface area contributed by atoms with E-state index >= 15 is 0 Å². The van der Waals surface area contributed by atoms with E-state index in [-0.39, 0.29) is 36.1 Å². The van der Waals surface area contributed by atoms with E-state index in [2.05, 4.69) is 4.98 Å². The third-order valence-corrected chi connectivity index (χ3v) is 1.26. The molecule has 0 amide bonds. The molecule has 1 rings (SSSR count). The molecule has 0 spiro atoms. The van der Waals surface area contributed by atoms with Crippen molar-refractivity contribution in [1.82, 2.24) is 4.98 Å². The number of hydrogen-bond acceptors (Lipinski definition) is 3. The zero-order chi connectivity index (χ0) is 8.27. The van der Waals surface area contributed by atoms with Gasteiger partial charge < -0.3 is 6.16 Å². The molecule has 0 aliphatic rings. The molecule has 0 atom stereocenters. The second-order valence-electron chi connectivity index (χ2n) is 1.89. The summed E-state index contributed by atoms with van der Waals surface area (Å²) in [6.45, 7) is 1.31. The first kappa shape index (κ1) is 11.9. The van der Waals surface area contributed by atoms with Gasteiger partial charge in [-0.05, 0) is 12.1 Å². The molecule has 0 N–H and O–H groups in total. The van der Waals surface area contributed by atoms with Crippen molar-refractivity contribution in [3.8, 4) is 5.75 Å². The van der Waals surface area contributed by atoms with Gasteiger partial charge in [-0.1, -0.05) is 11.6 Å². The van der Waals surface area contributed by atoms with Crippen molar-refractivity contribution in [1.29, 1.82) is 0 Å². The average molecular weight is 196 g/mol. The zero-order valence-corrected chi connectivity index (χ0v) is 9.63. The summed E-state index contributed by atoms with van der Waals surface area (Å²) < 4.78 is 4.71. The SMILES string of the molecule is CC(=O)Oc1cccnc1Cl.[H-].[Na+]. The standard InChI is InChI=1S/C7H6ClNO2.Na.H/c1-5(10)11-6-3-2-4-9-7(6)8;;/h2-4H,1H3;;/q;+1;-1. The normalized spacial score (nSPS) is 8.50. The van der Waals surface area contributed by atoms with Crippen molar-refractivity contribution < 1.29 is 40.5 Å². The van der Waals surface area contributed by atoms with Gasteiger partial charge in [-0.2, -0.15) is 0 Å². The minimum atomic E-state index is -0.403. The number of halogens is 1. The molecule has 0 fully saturated rings. The van der Waals surface area contributed by atoms with E-state index in [4.69, 9.17) is 16.3 Å². The van der Waals surface area contributed by atoms with Crippen LogP contribution in [0.2, 0.25) is 5.15 Å². The van der Waals surface area contributed by atoms with Crippen LogP contribution in [0.4, 0.5) is 0 Å². The maximum atomic E-state index is 10.5. The van der Waals surface area contributed by atoms with Gasteiger partial charge in [-0.15, -0.1) is 0 Å². The molecule has 0 aliphatic heterocycles. The van der Waals surface area contributed by atoms with Gasteiger partial charge in [0, 0.05) is 13.1 Å². The van der Waals surface area contributed by atoms with Gasteiger partial charge in [0.05, 0.1) is 0 Å². The van der Waals surface area contributed by atoms with Gasteiger partial charge in [0.1, 0.15) is 0 Å². The van der Waals surface area contributed by atoms with Gasteiger partial charge in [0.15, 0.2) is 10.9 Å². The summed E-state index contributed by atoms with van der Waals surface area (Å²) in [4.78, 5) is 14.2. The summed E-state index contributed by atoms with van der Waals surface area (Å²) in [5.41, 5.74) is 0. The van der Waals surface area contributed by atoms with Crippen LogP contribution in [-0.2, 0) is 4.79 Å². The second kappa shape index (κ2) is 5.54. The van der Waals surface area contributed by atoms with Crippen molar-refractivity contribution >= 4 is 17.6 Å². The first-order valence-corrected chi connectivity index (χ1v) is 3.37. The van der Waals surface area contributed by atoms with Gasteiger partial charge in [0.2, 0.25) is 0 Å². The van der Waals surface area contributed by atoms with E-state index in [0.29, 0.717) is 5.75 Å². The topological polar surface area (TPSA) is 39.2 Å². The van der Waals surface area contributed by atoms with Gasteiger partial charge in [0.25, 0.3) is 0 Å². The van der Waals surface area contributed by atoms with Crippen LogP contribution in [0, 0.1) is 0 Å². The molecule has 0 bridgehead atoms. The Morgan fingerprint density at radius 3 is 2.92 bits per heavy atom. The van der Waals surface area contributed by atoms with Crippen LogP contribution in [0.15, 0.2) is 18.3 Å². The van der Waals surface area contributed by atoms with Crippen LogP contribution in [0.3, 0.4) is 0 Å². The fourth-order valence-corrected chi connectivity index (χ4v) is 0.760. The van der Waals surface area contributed by atoms with Crippen molar-refractivity contribution in [3.63, 3.8) is 0 Å². The molecule has 12 heavy (non-hydrogen) atoms. The van der Waals surface area contributed by atoms with Crippen LogP contribution in [0.25, 0.3) is 0 Å². The van der Waals surface area contributed by atoms with E-state index < -0.39 is 5.97 Å². The number of aromatic nitrogens is 1. The Morgan fingerprint density at radius 2 is 2.42 bits per heavy atom. The molecular weight excluding hydrogens is 189 g/mol. The molecule has 0 radical (unpaired) electrons. The van der Waals surface area contributed by atoms with Crippen molar-refractivity contribution in [2.75, 3.05) is 0 Å². The third-order valence-electron chi connectivity index (χ3n) is 0.979. The van der Waals surface area contributed by atoms with Gasteiger partial charge in [-0.3, -0.25) is 4.79 Å². The van der Waals surface area contributed by atoms with E-state index in [1.165, 1.54) is 13.1 Å². The predicted octanol–water partition coefficient (Wildman–Crippen LogP) is -1.22. The molecule has 5 heteroatoms. The molecule has 0 saturated heterocycles. The molecular formula is C7H7ClNNaO2. The quantitative estimate of drug-likeness (QED) is 0.320. The number of ether oxygens (including phenoxy) is 1. The summed E-state index contributed by atoms with van der Waals surface area (Å²) >= 11 is 5.58. The van der Waals surface area contributed by atoms with Crippen molar-refractivity contribution in [2.24, 2.45) is 0 Å². The maximum absolute atomic E-state index is 10.5. The zero-order valence-electron chi connectivity index (χ0n) is 7.87. The van der Waals surface area contributed by atoms with Crippen LogP contribution in [0.1, 0.15) is 8.35 Å². The van der Waals surface area contributed by atoms with Crippen molar-refractivity contribution in [2.45, 2.75) is 6.92 Å². The van der Waals surface area contributed by atoms with Crippen LogP contribution < -0.4 is 34.3 Å². The smallest absolute Gasteiger partial charge is 1.00 e. The number of esters is 1. The van der Waals surface area contributed by atoms with E-state index in [1.54, 1.807) is 12.1 Å². The molecule has 1 aromatic rings. The summed E-state index contributed by atoms with van der Waals surface area (Å²) in [6, 6.07) is 3.22. The Labute approximate surface area is 98.9 Å².